The highest BCUT2D eigenvalue weighted by Crippen LogP contribution is 2.33. The monoisotopic (exact) mass is 1380 g/mol. The van der Waals surface area contributed by atoms with Crippen molar-refractivity contribution in [1.29, 1.82) is 0 Å². The number of hydrogen-bond donors (Lipinski definition) is 16. The summed E-state index contributed by atoms with van der Waals surface area (Å²) in [6, 6.07) is -2.92. The van der Waals surface area contributed by atoms with Gasteiger partial charge in [-0.15, -0.1) is 0 Å². The quantitative estimate of drug-likeness (QED) is 0.0381. The van der Waals surface area contributed by atoms with Crippen molar-refractivity contribution in [2.24, 2.45) is 0 Å². The molecule has 26 nitrogen and oxygen atoms in total. The fraction of sp³-hybridized carbons (Fsp3) is 0.971. The summed E-state index contributed by atoms with van der Waals surface area (Å²) in [6.45, 7) is 4.01. The van der Waals surface area contributed by atoms with Crippen molar-refractivity contribution in [3.63, 3.8) is 0 Å². The number of aliphatic hydroxyl groups excluding tert-OH is 14. The van der Waals surface area contributed by atoms with Crippen molar-refractivity contribution >= 4 is 11.8 Å². The predicted molar refractivity (Wildman–Crippen MR) is 355 cm³/mol. The van der Waals surface area contributed by atoms with E-state index >= 15 is 0 Å². The fourth-order valence-corrected chi connectivity index (χ4v) is 13.3. The Kier molecular flexibility index (Phi) is 44.7. The number of unbranched alkanes of at least 4 members (excludes halogenated alkanes) is 32. The van der Waals surface area contributed by atoms with E-state index in [1.54, 1.807) is 0 Å². The van der Waals surface area contributed by atoms with Crippen molar-refractivity contribution in [2.75, 3.05) is 26.4 Å². The largest absolute Gasteiger partial charge is 0.394 e. The minimum atomic E-state index is -2.09. The molecule has 0 spiro atoms. The molecule has 4 saturated heterocycles. The third-order valence-corrected chi connectivity index (χ3v) is 19.5. The van der Waals surface area contributed by atoms with Crippen LogP contribution >= 0.6 is 0 Å². The Morgan fingerprint density at radius 1 is 0.427 bits per heavy atom. The smallest absolute Gasteiger partial charge is 0.249 e. The first kappa shape index (κ1) is 86.5. The number of carbonyl (C=O) groups is 2. The first-order valence-corrected chi connectivity index (χ1v) is 37.3. The number of hydrogen-bond acceptors (Lipinski definition) is 24. The van der Waals surface area contributed by atoms with Crippen LogP contribution in [0.3, 0.4) is 0 Å². The summed E-state index contributed by atoms with van der Waals surface area (Å²) in [6.07, 6.45) is 2.92. The van der Waals surface area contributed by atoms with Gasteiger partial charge in [0.05, 0.1) is 44.7 Å². The minimum Gasteiger partial charge on any atom is -0.394 e. The van der Waals surface area contributed by atoms with E-state index < -0.39 is 185 Å². The van der Waals surface area contributed by atoms with E-state index in [1.165, 1.54) is 155 Å². The summed E-state index contributed by atoms with van der Waals surface area (Å²) in [5, 5.41) is 159. The van der Waals surface area contributed by atoms with Gasteiger partial charge in [0.2, 0.25) is 11.8 Å². The summed E-state index contributed by atoms with van der Waals surface area (Å²) in [5.41, 5.74) is 0. The zero-order valence-electron chi connectivity index (χ0n) is 58.5. The van der Waals surface area contributed by atoms with Gasteiger partial charge >= 0.3 is 0 Å². The third kappa shape index (κ3) is 30.9. The predicted octanol–water partition coefficient (Wildman–Crippen LogP) is 4.10. The molecule has 4 aliphatic heterocycles. The van der Waals surface area contributed by atoms with Gasteiger partial charge in [0.1, 0.15) is 104 Å². The lowest BCUT2D eigenvalue weighted by Crippen LogP contribution is -2.66. The maximum absolute atomic E-state index is 13.7. The van der Waals surface area contributed by atoms with Gasteiger partial charge in [0.15, 0.2) is 25.2 Å². The molecule has 26 heteroatoms. The van der Waals surface area contributed by atoms with E-state index in [4.69, 9.17) is 37.9 Å². The summed E-state index contributed by atoms with van der Waals surface area (Å²) in [7, 11) is 0. The van der Waals surface area contributed by atoms with Gasteiger partial charge in [-0.1, -0.05) is 232 Å². The molecule has 4 rings (SSSR count). The number of nitrogens with one attached hydrogen (secondary N) is 2. The van der Waals surface area contributed by atoms with E-state index in [9.17, 15) is 81.1 Å². The molecule has 0 aromatic carbocycles. The number of rotatable bonds is 54. The van der Waals surface area contributed by atoms with Crippen LogP contribution < -0.4 is 10.6 Å². The average molecular weight is 1390 g/mol. The second-order valence-corrected chi connectivity index (χ2v) is 27.8. The molecule has 566 valence electrons. The molecule has 4 aliphatic rings. The molecule has 0 saturated carbocycles. The van der Waals surface area contributed by atoms with Gasteiger partial charge in [-0.3, -0.25) is 9.59 Å². The highest BCUT2D eigenvalue weighted by atomic mass is 16.8. The standard InChI is InChI=1S/C70H132N2O24/c1-5-7-9-11-13-15-17-19-21-22-23-24-26-28-30-32-34-36-38-40-49(77)66(88)72-47(54(78)48(76)39-37-35-33-31-29-27-25-20-18-16-14-12-10-8-6-2)42-89-70-65(60(84)55(79)50(41-73)92-70)96-69-62(86)59(83)57(81)52(94-69)43-90-67-53(71-46(4)75)58(82)56(80)51(93-67)44-91-68-63(87)61(85)64(95-68)45(3)74/h45,47-65,67-70,73-74,76-87H,5-44H2,1-4H3,(H,71,75)(H,72,88)/t45-,47-,48+,49+,50+,51+,52+,53+,54-,55-,56-,57-,58+,59-,60-,61-,62+,63-,64+,65+,67+,68-,69+,70-/m0/s1. The van der Waals surface area contributed by atoms with Crippen LogP contribution in [0, 0.1) is 0 Å². The number of ether oxygens (including phenoxy) is 8. The van der Waals surface area contributed by atoms with Gasteiger partial charge < -0.3 is 120 Å². The molecule has 2 amide bonds. The summed E-state index contributed by atoms with van der Waals surface area (Å²) >= 11 is 0. The maximum Gasteiger partial charge on any atom is 0.249 e. The lowest BCUT2D eigenvalue weighted by Gasteiger charge is -2.47. The zero-order chi connectivity index (χ0) is 70.4. The number of aliphatic hydroxyl groups is 14. The van der Waals surface area contributed by atoms with Gasteiger partial charge in [0, 0.05) is 6.92 Å². The van der Waals surface area contributed by atoms with Crippen molar-refractivity contribution in [3.05, 3.63) is 0 Å². The second kappa shape index (κ2) is 49.6. The molecule has 0 bridgehead atoms. The molecular formula is C70H132N2O24. The van der Waals surface area contributed by atoms with E-state index in [-0.39, 0.29) is 12.8 Å². The molecule has 4 heterocycles. The van der Waals surface area contributed by atoms with Crippen LogP contribution in [0.5, 0.6) is 0 Å². The number of carbonyl (C=O) groups excluding carboxylic acids is 2. The van der Waals surface area contributed by atoms with Crippen LogP contribution in [-0.4, -0.2) is 257 Å². The van der Waals surface area contributed by atoms with Crippen molar-refractivity contribution in [2.45, 2.75) is 406 Å². The molecule has 4 fully saturated rings. The van der Waals surface area contributed by atoms with Crippen LogP contribution in [0.25, 0.3) is 0 Å². The highest BCUT2D eigenvalue weighted by Gasteiger charge is 2.53. The average Bonchev–Trinajstić information content (AvgIpc) is 0.874. The molecule has 0 unspecified atom stereocenters. The van der Waals surface area contributed by atoms with Gasteiger partial charge in [-0.05, 0) is 19.8 Å². The SMILES string of the molecule is CCCCCCCCCCCCCCCCCCCCC[C@@H](O)C(=O)N[C@@H](CO[C@H]1O[C@H](CO)[C@H](O)[C@H](O)[C@H]1O[C@H]1O[C@H](CO[C@@H]2O[C@H](CO[C@H]3O[C@H]([C@H](C)O)[C@@H](O)[C@@H]3O)[C@H](O)[C@H](O)[C@H]2NC(C)=O)[C@H](O)[C@H](O)[C@H]1O)[C@H](O)[C@H](O)CCCCCCCCCCCCCCCCC. The maximum atomic E-state index is 13.7. The summed E-state index contributed by atoms with van der Waals surface area (Å²) < 4.78 is 46.7. The van der Waals surface area contributed by atoms with Crippen LogP contribution in [0.15, 0.2) is 0 Å². The van der Waals surface area contributed by atoms with Crippen molar-refractivity contribution < 1.29 is 119 Å². The molecule has 0 radical (unpaired) electrons. The van der Waals surface area contributed by atoms with Gasteiger partial charge in [0.25, 0.3) is 0 Å². The molecule has 96 heavy (non-hydrogen) atoms. The topological polar surface area (TPSA) is 415 Å². The van der Waals surface area contributed by atoms with E-state index in [0.717, 1.165) is 64.7 Å². The lowest BCUT2D eigenvalue weighted by atomic mass is 9.96. The normalized spacial score (nSPS) is 31.8. The Morgan fingerprint density at radius 3 is 1.26 bits per heavy atom. The highest BCUT2D eigenvalue weighted by molar-refractivity contribution is 5.80. The lowest BCUT2D eigenvalue weighted by molar-refractivity contribution is -0.371. The fourth-order valence-electron chi connectivity index (χ4n) is 13.3. The molecule has 0 aromatic heterocycles. The molecular weight excluding hydrogens is 1250 g/mol. The summed E-state index contributed by atoms with van der Waals surface area (Å²) in [5.74, 6) is -1.53. The van der Waals surface area contributed by atoms with E-state index in [0.29, 0.717) is 12.8 Å². The minimum absolute atomic E-state index is 0.126. The molecule has 0 aliphatic carbocycles. The van der Waals surface area contributed by atoms with Crippen LogP contribution in [0.1, 0.15) is 259 Å². The molecule has 16 N–H and O–H groups in total. The Hall–Kier alpha value is -1.94. The van der Waals surface area contributed by atoms with Gasteiger partial charge in [-0.2, -0.15) is 0 Å². The zero-order valence-corrected chi connectivity index (χ0v) is 58.5. The molecule has 24 atom stereocenters. The Morgan fingerprint density at radius 2 is 0.823 bits per heavy atom. The Balaban J connectivity index is 1.37. The first-order chi connectivity index (χ1) is 46.2. The first-order valence-electron chi connectivity index (χ1n) is 37.3. The Labute approximate surface area is 571 Å². The van der Waals surface area contributed by atoms with Crippen LogP contribution in [-0.2, 0) is 47.5 Å². The van der Waals surface area contributed by atoms with E-state index in [1.807, 2.05) is 0 Å². The van der Waals surface area contributed by atoms with E-state index in [2.05, 4.69) is 24.5 Å². The van der Waals surface area contributed by atoms with Crippen molar-refractivity contribution in [3.8, 4) is 0 Å². The summed E-state index contributed by atoms with van der Waals surface area (Å²) in [4.78, 5) is 26.1. The second-order valence-electron chi connectivity index (χ2n) is 27.8. The number of amides is 2. The van der Waals surface area contributed by atoms with Gasteiger partial charge in [-0.25, -0.2) is 0 Å². The third-order valence-electron chi connectivity index (χ3n) is 19.5. The molecule has 0 aromatic rings. The van der Waals surface area contributed by atoms with Crippen LogP contribution in [0.2, 0.25) is 0 Å². The van der Waals surface area contributed by atoms with Crippen LogP contribution in [0.4, 0.5) is 0 Å². The van der Waals surface area contributed by atoms with Crippen molar-refractivity contribution in [1.82, 2.24) is 10.6 Å². The Bertz CT molecular complexity index is 1970.